The van der Waals surface area contributed by atoms with E-state index in [1.54, 1.807) is 0 Å². The first-order valence-corrected chi connectivity index (χ1v) is 7.12. The highest BCUT2D eigenvalue weighted by atomic mass is 16.2. The lowest BCUT2D eigenvalue weighted by Gasteiger charge is -2.48. The van der Waals surface area contributed by atoms with Gasteiger partial charge in [-0.2, -0.15) is 0 Å². The largest absolute Gasteiger partial charge is 0.347 e. The van der Waals surface area contributed by atoms with Crippen molar-refractivity contribution in [3.05, 3.63) is 29.3 Å². The Bertz CT molecular complexity index is 550. The quantitative estimate of drug-likeness (QED) is 0.839. The molecule has 0 aliphatic carbocycles. The second-order valence-corrected chi connectivity index (χ2v) is 6.35. The molecule has 2 heterocycles. The predicted octanol–water partition coefficient (Wildman–Crippen LogP) is 2.58. The second-order valence-electron chi connectivity index (χ2n) is 6.35. The molecule has 2 aliphatic heterocycles. The normalized spacial score (nSPS) is 27.8. The number of carbonyl (C=O) groups excluding carboxylic acids is 1. The lowest BCUT2D eigenvalue weighted by Crippen LogP contribution is -2.68. The van der Waals surface area contributed by atoms with Crippen molar-refractivity contribution < 1.29 is 4.79 Å². The van der Waals surface area contributed by atoms with Gasteiger partial charge in [0.15, 0.2) is 0 Å². The van der Waals surface area contributed by atoms with Crippen molar-refractivity contribution in [2.24, 2.45) is 0 Å². The molecule has 1 amide bonds. The molecule has 0 spiro atoms. The molecule has 1 aromatic rings. The maximum atomic E-state index is 11.8. The Balaban J connectivity index is 2.18. The number of nitrogens with one attached hydrogen (secondary N) is 1. The first-order valence-electron chi connectivity index (χ1n) is 7.12. The third kappa shape index (κ3) is 1.47. The molecule has 3 nitrogen and oxygen atoms in total. The van der Waals surface area contributed by atoms with E-state index in [0.29, 0.717) is 6.42 Å². The van der Waals surface area contributed by atoms with E-state index in [1.807, 2.05) is 0 Å². The van der Waals surface area contributed by atoms with Gasteiger partial charge in [0.25, 0.3) is 0 Å². The summed E-state index contributed by atoms with van der Waals surface area (Å²) in [6.45, 7) is 9.61. The van der Waals surface area contributed by atoms with Crippen LogP contribution in [0.2, 0.25) is 0 Å². The molecule has 1 atom stereocenters. The molecule has 1 saturated heterocycles. The van der Waals surface area contributed by atoms with Gasteiger partial charge < -0.3 is 10.2 Å². The molecule has 19 heavy (non-hydrogen) atoms. The summed E-state index contributed by atoms with van der Waals surface area (Å²) in [7, 11) is 0. The molecule has 3 heteroatoms. The number of anilines is 1. The van der Waals surface area contributed by atoms with Crippen LogP contribution in [0.15, 0.2) is 18.2 Å². The van der Waals surface area contributed by atoms with Crippen LogP contribution < -0.4 is 10.2 Å². The van der Waals surface area contributed by atoms with Crippen molar-refractivity contribution in [2.45, 2.75) is 51.6 Å². The number of carbonyl (C=O) groups is 1. The van der Waals surface area contributed by atoms with E-state index in [-0.39, 0.29) is 17.0 Å². The number of hydrogen-bond acceptors (Lipinski definition) is 2. The number of nitrogens with zero attached hydrogens (tertiary/aromatic N) is 1. The number of amides is 1. The van der Waals surface area contributed by atoms with Gasteiger partial charge in [0, 0.05) is 24.1 Å². The fourth-order valence-electron chi connectivity index (χ4n) is 3.49. The van der Waals surface area contributed by atoms with Gasteiger partial charge in [-0.1, -0.05) is 32.9 Å². The van der Waals surface area contributed by atoms with Crippen LogP contribution in [0, 0.1) is 0 Å². The number of benzene rings is 1. The van der Waals surface area contributed by atoms with Gasteiger partial charge in [0.05, 0.1) is 0 Å². The lowest BCUT2D eigenvalue weighted by atomic mass is 9.75. The van der Waals surface area contributed by atoms with Gasteiger partial charge in [0.2, 0.25) is 5.91 Å². The van der Waals surface area contributed by atoms with Gasteiger partial charge >= 0.3 is 0 Å². The fraction of sp³-hybridized carbons (Fsp3) is 0.562. The van der Waals surface area contributed by atoms with Gasteiger partial charge in [-0.3, -0.25) is 4.79 Å². The molecule has 1 fully saturated rings. The Kier molecular flexibility index (Phi) is 2.47. The monoisotopic (exact) mass is 258 g/mol. The zero-order valence-corrected chi connectivity index (χ0v) is 12.2. The number of rotatable bonds is 1. The molecule has 0 unspecified atom stereocenters. The molecule has 2 aliphatic rings. The Morgan fingerprint density at radius 2 is 2.05 bits per heavy atom. The van der Waals surface area contributed by atoms with Crippen molar-refractivity contribution in [1.29, 1.82) is 0 Å². The Hall–Kier alpha value is -1.51. The molecule has 3 rings (SSSR count). The summed E-state index contributed by atoms with van der Waals surface area (Å²) >= 11 is 0. The maximum Gasteiger partial charge on any atom is 0.223 e. The summed E-state index contributed by atoms with van der Waals surface area (Å²) < 4.78 is 0. The third-order valence-corrected chi connectivity index (χ3v) is 5.14. The molecule has 1 N–H and O–H groups in total. The molecule has 1 aromatic carbocycles. The molecule has 102 valence electrons. The summed E-state index contributed by atoms with van der Waals surface area (Å²) in [4.78, 5) is 14.2. The summed E-state index contributed by atoms with van der Waals surface area (Å²) in [5.74, 6) is 0.162. The topological polar surface area (TPSA) is 32.3 Å². The van der Waals surface area contributed by atoms with Gasteiger partial charge in [-0.25, -0.2) is 0 Å². The predicted molar refractivity (Wildman–Crippen MR) is 77.4 cm³/mol. The Morgan fingerprint density at radius 1 is 1.32 bits per heavy atom. The maximum absolute atomic E-state index is 11.8. The average Bonchev–Trinajstić information content (AvgIpc) is 2.54. The number of aryl methyl sites for hydroxylation is 1. The second kappa shape index (κ2) is 3.75. The van der Waals surface area contributed by atoms with E-state index < -0.39 is 0 Å². The number of hydrogen-bond donors (Lipinski definition) is 1. The summed E-state index contributed by atoms with van der Waals surface area (Å²) in [5.41, 5.74) is 3.61. The number of fused-ring (bicyclic) bond motifs is 3. The lowest BCUT2D eigenvalue weighted by molar-refractivity contribution is -0.125. The Morgan fingerprint density at radius 3 is 2.74 bits per heavy atom. The molecule has 0 aromatic heterocycles. The molecule has 0 bridgehead atoms. The van der Waals surface area contributed by atoms with Crippen molar-refractivity contribution in [1.82, 2.24) is 5.32 Å². The fourth-order valence-corrected chi connectivity index (χ4v) is 3.49. The molecule has 0 radical (unpaired) electrons. The standard InChI is InChI=1S/C16H22N2O/c1-5-11-6-7-13-12(10-11)15(2,3)16(4)17-14(19)8-9-18(13)16/h6-7,10H,5,8-9H2,1-4H3,(H,17,19)/t16-/m0/s1. The minimum absolute atomic E-state index is 0.0798. The van der Waals surface area contributed by atoms with Crippen molar-refractivity contribution in [2.75, 3.05) is 11.4 Å². The van der Waals surface area contributed by atoms with E-state index in [4.69, 9.17) is 0 Å². The average molecular weight is 258 g/mol. The van der Waals surface area contributed by atoms with E-state index in [2.05, 4.69) is 56.1 Å². The van der Waals surface area contributed by atoms with Gasteiger partial charge in [-0.05, 0) is 30.5 Å². The van der Waals surface area contributed by atoms with Crippen LogP contribution >= 0.6 is 0 Å². The first kappa shape index (κ1) is 12.5. The van der Waals surface area contributed by atoms with E-state index in [1.165, 1.54) is 16.8 Å². The van der Waals surface area contributed by atoms with E-state index in [0.717, 1.165) is 13.0 Å². The highest BCUT2D eigenvalue weighted by Gasteiger charge is 2.56. The Labute approximate surface area is 115 Å². The van der Waals surface area contributed by atoms with Crippen molar-refractivity contribution in [3.8, 4) is 0 Å². The molecular weight excluding hydrogens is 236 g/mol. The summed E-state index contributed by atoms with van der Waals surface area (Å²) in [6, 6.07) is 6.74. The van der Waals surface area contributed by atoms with Crippen LogP contribution in [0.3, 0.4) is 0 Å². The zero-order valence-electron chi connectivity index (χ0n) is 12.2. The van der Waals surface area contributed by atoms with E-state index >= 15 is 0 Å². The molecular formula is C16H22N2O. The van der Waals surface area contributed by atoms with Crippen LogP contribution in [-0.4, -0.2) is 18.1 Å². The van der Waals surface area contributed by atoms with Crippen LogP contribution in [0.5, 0.6) is 0 Å². The summed E-state index contributed by atoms with van der Waals surface area (Å²) in [5, 5.41) is 3.22. The highest BCUT2D eigenvalue weighted by Crippen LogP contribution is 2.51. The van der Waals surface area contributed by atoms with Crippen LogP contribution in [-0.2, 0) is 16.6 Å². The minimum Gasteiger partial charge on any atom is -0.347 e. The van der Waals surface area contributed by atoms with Crippen LogP contribution in [0.25, 0.3) is 0 Å². The van der Waals surface area contributed by atoms with E-state index in [9.17, 15) is 4.79 Å². The van der Waals surface area contributed by atoms with Crippen LogP contribution in [0.1, 0.15) is 45.2 Å². The highest BCUT2D eigenvalue weighted by molar-refractivity contribution is 5.83. The van der Waals surface area contributed by atoms with Crippen LogP contribution in [0.4, 0.5) is 5.69 Å². The SMILES string of the molecule is CCc1ccc2c(c1)C(C)(C)[C@@]1(C)NC(=O)CCN21. The minimum atomic E-state index is -0.309. The van der Waals surface area contributed by atoms with Gasteiger partial charge in [-0.15, -0.1) is 0 Å². The summed E-state index contributed by atoms with van der Waals surface area (Å²) in [6.07, 6.45) is 1.63. The van der Waals surface area contributed by atoms with Crippen molar-refractivity contribution >= 4 is 11.6 Å². The smallest absolute Gasteiger partial charge is 0.223 e. The third-order valence-electron chi connectivity index (χ3n) is 5.14. The van der Waals surface area contributed by atoms with Gasteiger partial charge in [0.1, 0.15) is 5.66 Å². The zero-order chi connectivity index (χ0) is 13.8. The van der Waals surface area contributed by atoms with Crippen molar-refractivity contribution in [3.63, 3.8) is 0 Å². The molecule has 0 saturated carbocycles. The first-order chi connectivity index (χ1) is 8.90.